The summed E-state index contributed by atoms with van der Waals surface area (Å²) in [7, 11) is -2.93. The van der Waals surface area contributed by atoms with Gasteiger partial charge in [0.05, 0.1) is 11.0 Å². The van der Waals surface area contributed by atoms with Crippen molar-refractivity contribution in [3.05, 3.63) is 17.0 Å². The van der Waals surface area contributed by atoms with Gasteiger partial charge in [0.25, 0.3) is 0 Å². The first-order valence-corrected chi connectivity index (χ1v) is 8.08. The minimum Gasteiger partial charge on any atom is -0.368 e. The van der Waals surface area contributed by atoms with Gasteiger partial charge < -0.3 is 5.32 Å². The highest BCUT2D eigenvalue weighted by Crippen LogP contribution is 2.23. The first-order chi connectivity index (χ1) is 8.54. The van der Waals surface area contributed by atoms with Crippen LogP contribution in [-0.2, 0) is 16.3 Å². The fraction of sp³-hybridized carbons (Fsp3) is 0.636. The summed E-state index contributed by atoms with van der Waals surface area (Å²) in [6.07, 6.45) is 3.56. The molecule has 1 unspecified atom stereocenters. The van der Waals surface area contributed by atoms with E-state index in [1.54, 1.807) is 0 Å². The van der Waals surface area contributed by atoms with Crippen molar-refractivity contribution < 1.29 is 8.42 Å². The molecule has 1 aliphatic rings. The molecule has 1 saturated heterocycles. The summed E-state index contributed by atoms with van der Waals surface area (Å²) in [6, 6.07) is 0. The fourth-order valence-corrected chi connectivity index (χ4v) is 4.19. The number of nitrogens with zero attached hydrogens (tertiary/aromatic N) is 2. The van der Waals surface area contributed by atoms with Gasteiger partial charge in [0.2, 0.25) is 0 Å². The van der Waals surface area contributed by atoms with E-state index >= 15 is 0 Å². The lowest BCUT2D eigenvalue weighted by Gasteiger charge is -2.13. The first kappa shape index (κ1) is 13.5. The van der Waals surface area contributed by atoms with E-state index in [9.17, 15) is 8.42 Å². The van der Waals surface area contributed by atoms with Crippen molar-refractivity contribution in [2.75, 3.05) is 17.6 Å². The molecular formula is C11H16ClN3O2S. The summed E-state index contributed by atoms with van der Waals surface area (Å²) in [6.45, 7) is 2.35. The van der Waals surface area contributed by atoms with Crippen LogP contribution in [0.1, 0.15) is 25.3 Å². The van der Waals surface area contributed by atoms with Crippen LogP contribution >= 0.6 is 11.6 Å². The van der Waals surface area contributed by atoms with Crippen molar-refractivity contribution in [1.29, 1.82) is 0 Å². The van der Waals surface area contributed by atoms with Gasteiger partial charge in [-0.1, -0.05) is 18.5 Å². The predicted octanol–water partition coefficient (Wildman–Crippen LogP) is 1.68. The maximum Gasteiger partial charge on any atom is 0.154 e. The number of halogens is 1. The SMILES string of the molecule is CCc1c(Cl)ncnc1NCC1CCCS1(=O)=O. The smallest absolute Gasteiger partial charge is 0.154 e. The Balaban J connectivity index is 2.09. The Kier molecular flexibility index (Phi) is 4.07. The van der Waals surface area contributed by atoms with E-state index in [1.165, 1.54) is 6.33 Å². The molecule has 0 spiro atoms. The monoisotopic (exact) mass is 289 g/mol. The number of anilines is 1. The van der Waals surface area contributed by atoms with Crippen LogP contribution in [0.4, 0.5) is 5.82 Å². The summed E-state index contributed by atoms with van der Waals surface area (Å²) in [5, 5.41) is 3.20. The quantitative estimate of drug-likeness (QED) is 0.854. The maximum absolute atomic E-state index is 11.7. The van der Waals surface area contributed by atoms with Crippen LogP contribution in [0.25, 0.3) is 0 Å². The minimum atomic E-state index is -2.93. The van der Waals surface area contributed by atoms with Gasteiger partial charge in [-0.2, -0.15) is 0 Å². The highest BCUT2D eigenvalue weighted by molar-refractivity contribution is 7.92. The molecule has 0 amide bonds. The Morgan fingerprint density at radius 2 is 2.28 bits per heavy atom. The lowest BCUT2D eigenvalue weighted by Crippen LogP contribution is -2.25. The van der Waals surface area contributed by atoms with E-state index in [0.717, 1.165) is 18.4 Å². The van der Waals surface area contributed by atoms with Crippen LogP contribution in [0.3, 0.4) is 0 Å². The van der Waals surface area contributed by atoms with E-state index < -0.39 is 9.84 Å². The molecule has 1 aromatic heterocycles. The summed E-state index contributed by atoms with van der Waals surface area (Å²) in [5.74, 6) is 0.935. The topological polar surface area (TPSA) is 72.0 Å². The van der Waals surface area contributed by atoms with E-state index in [2.05, 4.69) is 15.3 Å². The highest BCUT2D eigenvalue weighted by atomic mass is 35.5. The van der Waals surface area contributed by atoms with Gasteiger partial charge in [-0.15, -0.1) is 0 Å². The van der Waals surface area contributed by atoms with Crippen LogP contribution < -0.4 is 5.32 Å². The summed E-state index contributed by atoms with van der Waals surface area (Å²) in [4.78, 5) is 8.03. The Morgan fingerprint density at radius 1 is 1.50 bits per heavy atom. The zero-order valence-electron chi connectivity index (χ0n) is 10.2. The molecule has 2 heterocycles. The second-order valence-corrected chi connectivity index (χ2v) is 7.12. The molecule has 1 aliphatic heterocycles. The van der Waals surface area contributed by atoms with Crippen LogP contribution in [0.2, 0.25) is 5.15 Å². The Labute approximate surface area is 112 Å². The standard InChI is InChI=1S/C11H16ClN3O2S/c1-2-9-10(12)14-7-15-11(9)13-6-8-4-3-5-18(8,16)17/h7-8H,2-6H2,1H3,(H,13,14,15). The molecule has 100 valence electrons. The van der Waals surface area contributed by atoms with Crippen LogP contribution in [0.15, 0.2) is 6.33 Å². The molecule has 0 bridgehead atoms. The average Bonchev–Trinajstić information content (AvgIpc) is 2.66. The molecule has 5 nitrogen and oxygen atoms in total. The zero-order chi connectivity index (χ0) is 13.2. The summed E-state index contributed by atoms with van der Waals surface area (Å²) in [5.41, 5.74) is 0.828. The predicted molar refractivity (Wildman–Crippen MR) is 71.7 cm³/mol. The van der Waals surface area contributed by atoms with Gasteiger partial charge >= 0.3 is 0 Å². The molecule has 0 aliphatic carbocycles. The number of aromatic nitrogens is 2. The lowest BCUT2D eigenvalue weighted by molar-refractivity contribution is 0.591. The molecule has 1 aromatic rings. The lowest BCUT2D eigenvalue weighted by atomic mass is 10.2. The molecule has 0 radical (unpaired) electrons. The maximum atomic E-state index is 11.7. The third kappa shape index (κ3) is 2.75. The number of nitrogens with one attached hydrogen (secondary N) is 1. The van der Waals surface area contributed by atoms with Crippen molar-refractivity contribution in [3.63, 3.8) is 0 Å². The molecule has 18 heavy (non-hydrogen) atoms. The molecule has 1 fully saturated rings. The third-order valence-corrected chi connectivity index (χ3v) is 5.81. The summed E-state index contributed by atoms with van der Waals surface area (Å²) >= 11 is 5.97. The van der Waals surface area contributed by atoms with Gasteiger partial charge in [-0.3, -0.25) is 0 Å². The van der Waals surface area contributed by atoms with Gasteiger partial charge in [0.15, 0.2) is 9.84 Å². The second-order valence-electron chi connectivity index (χ2n) is 4.36. The Morgan fingerprint density at radius 3 is 2.89 bits per heavy atom. The third-order valence-electron chi connectivity index (χ3n) is 3.21. The van der Waals surface area contributed by atoms with Crippen molar-refractivity contribution >= 4 is 27.3 Å². The molecular weight excluding hydrogens is 274 g/mol. The van der Waals surface area contributed by atoms with Gasteiger partial charge in [-0.25, -0.2) is 18.4 Å². The largest absolute Gasteiger partial charge is 0.368 e. The van der Waals surface area contributed by atoms with Gasteiger partial charge in [0, 0.05) is 12.1 Å². The number of sulfone groups is 1. The summed E-state index contributed by atoms with van der Waals surface area (Å²) < 4.78 is 23.4. The molecule has 0 aromatic carbocycles. The molecule has 7 heteroatoms. The molecule has 2 rings (SSSR count). The van der Waals surface area contributed by atoms with Crippen molar-refractivity contribution in [2.45, 2.75) is 31.4 Å². The number of hydrogen-bond acceptors (Lipinski definition) is 5. The fourth-order valence-electron chi connectivity index (χ4n) is 2.15. The molecule has 1 N–H and O–H groups in total. The number of hydrogen-bond donors (Lipinski definition) is 1. The Hall–Kier alpha value is -0.880. The number of rotatable bonds is 4. The van der Waals surface area contributed by atoms with Crippen LogP contribution in [0.5, 0.6) is 0 Å². The minimum absolute atomic E-state index is 0.296. The van der Waals surface area contributed by atoms with E-state index in [4.69, 9.17) is 11.6 Å². The van der Waals surface area contributed by atoms with Crippen LogP contribution in [0, 0.1) is 0 Å². The van der Waals surface area contributed by atoms with E-state index in [1.807, 2.05) is 6.92 Å². The van der Waals surface area contributed by atoms with Crippen molar-refractivity contribution in [2.24, 2.45) is 0 Å². The van der Waals surface area contributed by atoms with Crippen molar-refractivity contribution in [3.8, 4) is 0 Å². The van der Waals surface area contributed by atoms with Gasteiger partial charge in [-0.05, 0) is 19.3 Å². The second kappa shape index (κ2) is 5.40. The normalized spacial score (nSPS) is 22.0. The van der Waals surface area contributed by atoms with Crippen LogP contribution in [-0.4, -0.2) is 35.9 Å². The van der Waals surface area contributed by atoms with E-state index in [-0.39, 0.29) is 5.25 Å². The highest BCUT2D eigenvalue weighted by Gasteiger charge is 2.31. The first-order valence-electron chi connectivity index (χ1n) is 5.99. The molecule has 0 saturated carbocycles. The Bertz CT molecular complexity index is 533. The van der Waals surface area contributed by atoms with Crippen molar-refractivity contribution in [1.82, 2.24) is 9.97 Å². The zero-order valence-corrected chi connectivity index (χ0v) is 11.8. The molecule has 1 atom stereocenters. The van der Waals surface area contributed by atoms with Gasteiger partial charge in [0.1, 0.15) is 17.3 Å². The van der Waals surface area contributed by atoms with E-state index in [0.29, 0.717) is 29.7 Å². The average molecular weight is 290 g/mol.